The molecule has 0 bridgehead atoms. The van der Waals surface area contributed by atoms with Gasteiger partial charge in [0.1, 0.15) is 16.4 Å². The van der Waals surface area contributed by atoms with Gasteiger partial charge in [0.15, 0.2) is 6.61 Å². The molecule has 0 atom stereocenters. The highest BCUT2D eigenvalue weighted by atomic mass is 32.1. The number of carboxylic acid groups (broad SMARTS) is 1. The summed E-state index contributed by atoms with van der Waals surface area (Å²) in [5.41, 5.74) is 0.917. The number of amides is 1. The number of aliphatic carboxylic acids is 1. The number of hydrogen-bond donors (Lipinski definition) is 1. The zero-order valence-corrected chi connectivity index (χ0v) is 14.6. The SMILES string of the molecule is COc1cc(C)sc1C(=O)N(C)Cc1ccc(OCC(=O)O)cc1. The van der Waals surface area contributed by atoms with Crippen LogP contribution in [0.25, 0.3) is 0 Å². The molecule has 1 N–H and O–H groups in total. The smallest absolute Gasteiger partial charge is 0.341 e. The van der Waals surface area contributed by atoms with E-state index in [1.54, 1.807) is 43.3 Å². The minimum absolute atomic E-state index is 0.101. The minimum atomic E-state index is -1.02. The lowest BCUT2D eigenvalue weighted by Crippen LogP contribution is -2.25. The summed E-state index contributed by atoms with van der Waals surface area (Å²) in [6.07, 6.45) is 0. The molecule has 0 spiro atoms. The number of ether oxygens (including phenoxy) is 2. The maximum absolute atomic E-state index is 12.6. The predicted molar refractivity (Wildman–Crippen MR) is 91.0 cm³/mol. The van der Waals surface area contributed by atoms with Crippen molar-refractivity contribution in [2.24, 2.45) is 0 Å². The van der Waals surface area contributed by atoms with Crippen LogP contribution in [0, 0.1) is 6.92 Å². The number of nitrogens with zero attached hydrogens (tertiary/aromatic N) is 1. The lowest BCUT2D eigenvalue weighted by molar-refractivity contribution is -0.139. The molecule has 0 fully saturated rings. The molecule has 1 amide bonds. The summed E-state index contributed by atoms with van der Waals surface area (Å²) in [6.45, 7) is 1.98. The van der Waals surface area contributed by atoms with Crippen LogP contribution in [0.4, 0.5) is 0 Å². The van der Waals surface area contributed by atoms with E-state index in [-0.39, 0.29) is 12.5 Å². The zero-order valence-electron chi connectivity index (χ0n) is 13.7. The molecule has 0 aliphatic rings. The summed E-state index contributed by atoms with van der Waals surface area (Å²) >= 11 is 1.41. The second-order valence-electron chi connectivity index (χ2n) is 5.24. The highest BCUT2D eigenvalue weighted by Crippen LogP contribution is 2.30. The fraction of sp³-hybridized carbons (Fsp3) is 0.294. The molecule has 0 saturated heterocycles. The number of carbonyl (C=O) groups excluding carboxylic acids is 1. The largest absolute Gasteiger partial charge is 0.495 e. The summed E-state index contributed by atoms with van der Waals surface area (Å²) in [5, 5.41) is 8.58. The van der Waals surface area contributed by atoms with Crippen molar-refractivity contribution in [1.29, 1.82) is 0 Å². The molecule has 1 heterocycles. The van der Waals surface area contributed by atoms with E-state index in [0.717, 1.165) is 10.4 Å². The Morgan fingerprint density at radius 3 is 2.50 bits per heavy atom. The van der Waals surface area contributed by atoms with Crippen molar-refractivity contribution in [2.75, 3.05) is 20.8 Å². The third-order valence-electron chi connectivity index (χ3n) is 3.29. The van der Waals surface area contributed by atoms with Gasteiger partial charge in [-0.05, 0) is 30.7 Å². The van der Waals surface area contributed by atoms with Gasteiger partial charge in [-0.1, -0.05) is 12.1 Å². The summed E-state index contributed by atoms with van der Waals surface area (Å²) in [6, 6.07) is 8.83. The third kappa shape index (κ3) is 4.48. The fourth-order valence-electron chi connectivity index (χ4n) is 2.15. The van der Waals surface area contributed by atoms with Crippen molar-refractivity contribution < 1.29 is 24.2 Å². The van der Waals surface area contributed by atoms with E-state index < -0.39 is 5.97 Å². The Labute approximate surface area is 144 Å². The number of hydrogen-bond acceptors (Lipinski definition) is 5. The summed E-state index contributed by atoms with van der Waals surface area (Å²) in [5.74, 6) is -0.0572. The van der Waals surface area contributed by atoms with Crippen LogP contribution in [0.1, 0.15) is 20.1 Å². The Kier molecular flexibility index (Phi) is 5.81. The van der Waals surface area contributed by atoms with E-state index in [0.29, 0.717) is 22.9 Å². The predicted octanol–water partition coefficient (Wildman–Crippen LogP) is 2.80. The number of carboxylic acids is 1. The summed E-state index contributed by atoms with van der Waals surface area (Å²) in [4.78, 5) is 26.2. The average molecular weight is 349 g/mol. The Morgan fingerprint density at radius 1 is 1.25 bits per heavy atom. The molecule has 0 aliphatic heterocycles. The van der Waals surface area contributed by atoms with Crippen molar-refractivity contribution in [1.82, 2.24) is 4.90 Å². The van der Waals surface area contributed by atoms with Crippen LogP contribution < -0.4 is 9.47 Å². The third-order valence-corrected chi connectivity index (χ3v) is 4.31. The van der Waals surface area contributed by atoms with Crippen LogP contribution in [0.5, 0.6) is 11.5 Å². The molecule has 2 aromatic rings. The van der Waals surface area contributed by atoms with Crippen LogP contribution in [0.3, 0.4) is 0 Å². The van der Waals surface area contributed by atoms with E-state index in [1.807, 2.05) is 13.0 Å². The van der Waals surface area contributed by atoms with Gasteiger partial charge in [-0.15, -0.1) is 11.3 Å². The Morgan fingerprint density at radius 2 is 1.92 bits per heavy atom. The minimum Gasteiger partial charge on any atom is -0.495 e. The van der Waals surface area contributed by atoms with Gasteiger partial charge in [0, 0.05) is 18.5 Å². The van der Waals surface area contributed by atoms with Crippen LogP contribution in [0.15, 0.2) is 30.3 Å². The number of benzene rings is 1. The molecule has 0 unspecified atom stereocenters. The Balaban J connectivity index is 2.02. The maximum Gasteiger partial charge on any atom is 0.341 e. The molecular weight excluding hydrogens is 330 g/mol. The number of aryl methyl sites for hydroxylation is 1. The second kappa shape index (κ2) is 7.83. The monoisotopic (exact) mass is 349 g/mol. The molecule has 1 aromatic carbocycles. The average Bonchev–Trinajstić information content (AvgIpc) is 2.94. The lowest BCUT2D eigenvalue weighted by atomic mass is 10.2. The number of thiophene rings is 1. The first-order chi connectivity index (χ1) is 11.4. The quantitative estimate of drug-likeness (QED) is 0.832. The first-order valence-corrected chi connectivity index (χ1v) is 8.05. The molecule has 128 valence electrons. The van der Waals surface area contributed by atoms with Crippen molar-refractivity contribution in [2.45, 2.75) is 13.5 Å². The van der Waals surface area contributed by atoms with Crippen molar-refractivity contribution in [3.05, 3.63) is 45.6 Å². The fourth-order valence-corrected chi connectivity index (χ4v) is 3.12. The van der Waals surface area contributed by atoms with E-state index in [2.05, 4.69) is 0 Å². The molecule has 0 radical (unpaired) electrons. The van der Waals surface area contributed by atoms with E-state index >= 15 is 0 Å². The summed E-state index contributed by atoms with van der Waals surface area (Å²) < 4.78 is 10.3. The van der Waals surface area contributed by atoms with E-state index in [4.69, 9.17) is 14.6 Å². The van der Waals surface area contributed by atoms with Crippen molar-refractivity contribution >= 4 is 23.2 Å². The highest BCUT2D eigenvalue weighted by Gasteiger charge is 2.19. The molecule has 0 saturated carbocycles. The van der Waals surface area contributed by atoms with Crippen LogP contribution in [0.2, 0.25) is 0 Å². The van der Waals surface area contributed by atoms with E-state index in [9.17, 15) is 9.59 Å². The highest BCUT2D eigenvalue weighted by molar-refractivity contribution is 7.14. The van der Waals surface area contributed by atoms with Crippen molar-refractivity contribution in [3.63, 3.8) is 0 Å². The van der Waals surface area contributed by atoms with Crippen LogP contribution >= 0.6 is 11.3 Å². The second-order valence-corrected chi connectivity index (χ2v) is 6.50. The molecule has 6 nitrogen and oxygen atoms in total. The molecule has 0 aliphatic carbocycles. The van der Waals surface area contributed by atoms with Gasteiger partial charge in [-0.2, -0.15) is 0 Å². The first kappa shape index (κ1) is 17.8. The summed E-state index contributed by atoms with van der Waals surface area (Å²) in [7, 11) is 3.28. The lowest BCUT2D eigenvalue weighted by Gasteiger charge is -2.17. The number of rotatable bonds is 7. The molecule has 24 heavy (non-hydrogen) atoms. The molecule has 1 aromatic heterocycles. The Hall–Kier alpha value is -2.54. The van der Waals surface area contributed by atoms with Gasteiger partial charge < -0.3 is 19.5 Å². The zero-order chi connectivity index (χ0) is 17.7. The van der Waals surface area contributed by atoms with Gasteiger partial charge in [0.2, 0.25) is 0 Å². The molecular formula is C17H19NO5S. The maximum atomic E-state index is 12.6. The van der Waals surface area contributed by atoms with Crippen molar-refractivity contribution in [3.8, 4) is 11.5 Å². The van der Waals surface area contributed by atoms with Gasteiger partial charge in [-0.25, -0.2) is 4.79 Å². The van der Waals surface area contributed by atoms with Gasteiger partial charge >= 0.3 is 5.97 Å². The Bertz CT molecular complexity index is 723. The normalized spacial score (nSPS) is 10.3. The van der Waals surface area contributed by atoms with E-state index in [1.165, 1.54) is 11.3 Å². The number of carbonyl (C=O) groups is 2. The van der Waals surface area contributed by atoms with Crippen LogP contribution in [-0.4, -0.2) is 42.6 Å². The molecule has 7 heteroatoms. The number of methoxy groups -OCH3 is 1. The molecule has 2 rings (SSSR count). The first-order valence-electron chi connectivity index (χ1n) is 7.24. The van der Waals surface area contributed by atoms with Crippen LogP contribution in [-0.2, 0) is 11.3 Å². The topological polar surface area (TPSA) is 76.1 Å². The standard InChI is InChI=1S/C17H19NO5S/c1-11-8-14(22-3)16(24-11)17(21)18(2)9-12-4-6-13(7-5-12)23-10-15(19)20/h4-8H,9-10H2,1-3H3,(H,19,20). The van der Waals surface area contributed by atoms with Gasteiger partial charge in [0.05, 0.1) is 7.11 Å². The van der Waals surface area contributed by atoms with Gasteiger partial charge in [0.25, 0.3) is 5.91 Å². The van der Waals surface area contributed by atoms with Gasteiger partial charge in [-0.3, -0.25) is 4.79 Å².